The summed E-state index contributed by atoms with van der Waals surface area (Å²) in [5.41, 5.74) is 2.53. The molecule has 0 bridgehead atoms. The molecule has 1 fully saturated rings. The van der Waals surface area contributed by atoms with Crippen LogP contribution < -0.4 is 5.32 Å². The van der Waals surface area contributed by atoms with E-state index in [2.05, 4.69) is 27.1 Å². The Kier molecular flexibility index (Phi) is 5.50. The van der Waals surface area contributed by atoms with Gasteiger partial charge in [-0.2, -0.15) is 0 Å². The first-order chi connectivity index (χ1) is 12.0. The minimum Gasteiger partial charge on any atom is -0.348 e. The normalized spacial score (nSPS) is 18.5. The van der Waals surface area contributed by atoms with Crippen LogP contribution in [0.3, 0.4) is 0 Å². The second-order valence-electron chi connectivity index (χ2n) is 7.10. The molecule has 1 aliphatic heterocycles. The first-order valence-corrected chi connectivity index (χ1v) is 8.79. The predicted octanol–water partition coefficient (Wildman–Crippen LogP) is 1.76. The summed E-state index contributed by atoms with van der Waals surface area (Å²) in [6.45, 7) is 2.79. The van der Waals surface area contributed by atoms with Crippen LogP contribution in [-0.2, 0) is 6.54 Å². The summed E-state index contributed by atoms with van der Waals surface area (Å²) in [4.78, 5) is 21.6. The van der Waals surface area contributed by atoms with Crippen LogP contribution in [0.4, 0.5) is 0 Å². The van der Waals surface area contributed by atoms with Crippen molar-refractivity contribution in [1.29, 1.82) is 0 Å². The summed E-state index contributed by atoms with van der Waals surface area (Å²) in [5.74, 6) is -0.0150. The van der Waals surface area contributed by atoms with Crippen molar-refractivity contribution in [2.45, 2.75) is 25.4 Å². The van der Waals surface area contributed by atoms with Crippen molar-refractivity contribution in [2.75, 3.05) is 34.2 Å². The van der Waals surface area contributed by atoms with E-state index in [1.165, 1.54) is 0 Å². The lowest BCUT2D eigenvalue weighted by Crippen LogP contribution is -2.46. The maximum atomic E-state index is 12.8. The number of piperidine rings is 1. The van der Waals surface area contributed by atoms with Gasteiger partial charge in [0.15, 0.2) is 0 Å². The second-order valence-corrected chi connectivity index (χ2v) is 7.10. The number of likely N-dealkylation sites (tertiary alicyclic amines) is 1. The van der Waals surface area contributed by atoms with Gasteiger partial charge in [-0.3, -0.25) is 4.79 Å². The van der Waals surface area contributed by atoms with E-state index in [0.717, 1.165) is 43.9 Å². The third kappa shape index (κ3) is 4.46. The van der Waals surface area contributed by atoms with Gasteiger partial charge in [0, 0.05) is 25.3 Å². The fourth-order valence-corrected chi connectivity index (χ4v) is 3.34. The zero-order chi connectivity index (χ0) is 17.8. The molecule has 0 aliphatic carbocycles. The SMILES string of the molecule is CN(C)Cc1cn(-c2ccccc2C(=O)N[C@@H]2CCCN(C)C2)cn1. The van der Waals surface area contributed by atoms with E-state index >= 15 is 0 Å². The van der Waals surface area contributed by atoms with E-state index in [-0.39, 0.29) is 11.9 Å². The van der Waals surface area contributed by atoms with Crippen molar-refractivity contribution in [3.8, 4) is 5.69 Å². The van der Waals surface area contributed by atoms with Crippen LogP contribution in [-0.4, -0.2) is 65.5 Å². The van der Waals surface area contributed by atoms with E-state index in [9.17, 15) is 4.79 Å². The van der Waals surface area contributed by atoms with Crippen molar-refractivity contribution >= 4 is 5.91 Å². The number of carbonyl (C=O) groups excluding carboxylic acids is 1. The molecule has 25 heavy (non-hydrogen) atoms. The van der Waals surface area contributed by atoms with Crippen molar-refractivity contribution in [1.82, 2.24) is 24.7 Å². The topological polar surface area (TPSA) is 53.4 Å². The van der Waals surface area contributed by atoms with Crippen molar-refractivity contribution in [2.24, 2.45) is 0 Å². The highest BCUT2D eigenvalue weighted by atomic mass is 16.1. The highest BCUT2D eigenvalue weighted by molar-refractivity contribution is 5.98. The zero-order valence-corrected chi connectivity index (χ0v) is 15.3. The van der Waals surface area contributed by atoms with Crippen molar-refractivity contribution in [3.63, 3.8) is 0 Å². The molecule has 1 aliphatic rings. The highest BCUT2D eigenvalue weighted by Crippen LogP contribution is 2.17. The number of amides is 1. The first-order valence-electron chi connectivity index (χ1n) is 8.79. The molecule has 0 radical (unpaired) electrons. The largest absolute Gasteiger partial charge is 0.348 e. The van der Waals surface area contributed by atoms with Gasteiger partial charge in [0.05, 0.1) is 23.3 Å². The number of carbonyl (C=O) groups is 1. The smallest absolute Gasteiger partial charge is 0.253 e. The van der Waals surface area contributed by atoms with Gasteiger partial charge in [-0.05, 0) is 52.7 Å². The molecule has 3 rings (SSSR count). The average Bonchev–Trinajstić information content (AvgIpc) is 3.02. The van der Waals surface area contributed by atoms with Crippen LogP contribution >= 0.6 is 0 Å². The van der Waals surface area contributed by atoms with E-state index in [4.69, 9.17) is 0 Å². The van der Waals surface area contributed by atoms with E-state index < -0.39 is 0 Å². The number of rotatable bonds is 5. The third-order valence-electron chi connectivity index (χ3n) is 4.50. The lowest BCUT2D eigenvalue weighted by atomic mass is 10.1. The molecule has 1 amide bonds. The molecule has 6 nitrogen and oxygen atoms in total. The van der Waals surface area contributed by atoms with Crippen molar-refractivity contribution in [3.05, 3.63) is 48.0 Å². The highest BCUT2D eigenvalue weighted by Gasteiger charge is 2.21. The molecule has 2 aromatic rings. The molecule has 6 heteroatoms. The third-order valence-corrected chi connectivity index (χ3v) is 4.50. The maximum absolute atomic E-state index is 12.8. The van der Waals surface area contributed by atoms with Crippen LogP contribution in [0.5, 0.6) is 0 Å². The number of aromatic nitrogens is 2. The molecule has 134 valence electrons. The van der Waals surface area contributed by atoms with Crippen LogP contribution in [0.1, 0.15) is 28.9 Å². The Labute approximate surface area is 149 Å². The molecule has 2 heterocycles. The minimum absolute atomic E-state index is 0.0150. The Morgan fingerprint density at radius 2 is 2.16 bits per heavy atom. The molecule has 1 atom stereocenters. The van der Waals surface area contributed by atoms with Gasteiger partial charge < -0.3 is 19.7 Å². The Morgan fingerprint density at radius 1 is 1.36 bits per heavy atom. The quantitative estimate of drug-likeness (QED) is 0.900. The van der Waals surface area contributed by atoms with Crippen LogP contribution in [0, 0.1) is 0 Å². The standard InChI is InChI=1S/C19H27N5O/c1-22(2)11-16-13-24(14-20-16)18-9-5-4-8-17(18)19(25)21-15-7-6-10-23(3)12-15/h4-5,8-9,13-15H,6-7,10-12H2,1-3H3,(H,21,25)/t15-/m1/s1. The van der Waals surface area contributed by atoms with E-state index in [0.29, 0.717) is 5.56 Å². The zero-order valence-electron chi connectivity index (χ0n) is 15.3. The molecular formula is C19H27N5O. The van der Waals surface area contributed by atoms with Gasteiger partial charge in [-0.25, -0.2) is 4.98 Å². The van der Waals surface area contributed by atoms with Gasteiger partial charge in [-0.1, -0.05) is 12.1 Å². The minimum atomic E-state index is -0.0150. The second kappa shape index (κ2) is 7.80. The Hall–Kier alpha value is -2.18. The van der Waals surface area contributed by atoms with Gasteiger partial charge in [0.1, 0.15) is 0 Å². The molecule has 1 aromatic heterocycles. The molecular weight excluding hydrogens is 314 g/mol. The number of benzene rings is 1. The van der Waals surface area contributed by atoms with Crippen LogP contribution in [0.2, 0.25) is 0 Å². The summed E-state index contributed by atoms with van der Waals surface area (Å²) < 4.78 is 1.93. The fraction of sp³-hybridized carbons (Fsp3) is 0.474. The number of nitrogens with one attached hydrogen (secondary N) is 1. The maximum Gasteiger partial charge on any atom is 0.253 e. The van der Waals surface area contributed by atoms with Gasteiger partial charge in [0.25, 0.3) is 5.91 Å². The molecule has 1 N–H and O–H groups in total. The average molecular weight is 341 g/mol. The van der Waals surface area contributed by atoms with E-state index in [1.54, 1.807) is 6.33 Å². The molecule has 0 unspecified atom stereocenters. The monoisotopic (exact) mass is 341 g/mol. The molecule has 1 aromatic carbocycles. The lowest BCUT2D eigenvalue weighted by Gasteiger charge is -2.30. The number of imidazole rings is 1. The first kappa shape index (κ1) is 17.6. The summed E-state index contributed by atoms with van der Waals surface area (Å²) in [6.07, 6.45) is 5.93. The van der Waals surface area contributed by atoms with Gasteiger partial charge in [-0.15, -0.1) is 0 Å². The summed E-state index contributed by atoms with van der Waals surface area (Å²) >= 11 is 0. The van der Waals surface area contributed by atoms with E-state index in [1.807, 2.05) is 49.1 Å². The van der Waals surface area contributed by atoms with Gasteiger partial charge in [0.2, 0.25) is 0 Å². The van der Waals surface area contributed by atoms with Crippen LogP contribution in [0.25, 0.3) is 5.69 Å². The van der Waals surface area contributed by atoms with Gasteiger partial charge >= 0.3 is 0 Å². The van der Waals surface area contributed by atoms with Crippen LogP contribution in [0.15, 0.2) is 36.8 Å². The predicted molar refractivity (Wildman–Crippen MR) is 98.9 cm³/mol. The summed E-state index contributed by atoms with van der Waals surface area (Å²) in [5, 5.41) is 3.19. The summed E-state index contributed by atoms with van der Waals surface area (Å²) in [7, 11) is 6.13. The lowest BCUT2D eigenvalue weighted by molar-refractivity contribution is 0.0912. The Bertz CT molecular complexity index is 724. The Balaban J connectivity index is 1.78. The summed E-state index contributed by atoms with van der Waals surface area (Å²) in [6, 6.07) is 7.91. The molecule has 0 spiro atoms. The fourth-order valence-electron chi connectivity index (χ4n) is 3.34. The molecule has 1 saturated heterocycles. The number of hydrogen-bond donors (Lipinski definition) is 1. The number of para-hydroxylation sites is 1. The number of hydrogen-bond acceptors (Lipinski definition) is 4. The van der Waals surface area contributed by atoms with Crippen molar-refractivity contribution < 1.29 is 4.79 Å². The number of nitrogens with zero attached hydrogens (tertiary/aromatic N) is 4. The Morgan fingerprint density at radius 3 is 2.92 bits per heavy atom. The number of likely N-dealkylation sites (N-methyl/N-ethyl adjacent to an activating group) is 1. The molecule has 0 saturated carbocycles.